The lowest BCUT2D eigenvalue weighted by Gasteiger charge is -2.08. The molecule has 0 fully saturated rings. The van der Waals surface area contributed by atoms with Crippen LogP contribution in [0.25, 0.3) is 0 Å². The number of aliphatic carboxylic acids is 1. The molecule has 3 N–H and O–H groups in total. The SMILES string of the molecule is COc1cc(Br)cc(CC(N)C(=O)O)c1. The van der Waals surface area contributed by atoms with Crippen molar-refractivity contribution >= 4 is 21.9 Å². The number of methoxy groups -OCH3 is 1. The Labute approximate surface area is 96.2 Å². The molecule has 1 atom stereocenters. The van der Waals surface area contributed by atoms with Crippen LogP contribution >= 0.6 is 15.9 Å². The summed E-state index contributed by atoms with van der Waals surface area (Å²) in [7, 11) is 1.56. The van der Waals surface area contributed by atoms with E-state index in [1.165, 1.54) is 0 Å². The van der Waals surface area contributed by atoms with Crippen molar-refractivity contribution in [3.8, 4) is 5.75 Å². The van der Waals surface area contributed by atoms with Crippen LogP contribution in [0.4, 0.5) is 0 Å². The Morgan fingerprint density at radius 1 is 1.60 bits per heavy atom. The van der Waals surface area contributed by atoms with Gasteiger partial charge in [-0.25, -0.2) is 0 Å². The predicted octanol–water partition coefficient (Wildman–Crippen LogP) is 1.41. The molecule has 1 aromatic carbocycles. The smallest absolute Gasteiger partial charge is 0.320 e. The summed E-state index contributed by atoms with van der Waals surface area (Å²) in [4.78, 5) is 10.6. The van der Waals surface area contributed by atoms with Crippen LogP contribution in [0, 0.1) is 0 Å². The van der Waals surface area contributed by atoms with Gasteiger partial charge in [0.15, 0.2) is 0 Å². The Kier molecular flexibility index (Phi) is 4.11. The van der Waals surface area contributed by atoms with Crippen molar-refractivity contribution in [2.24, 2.45) is 5.73 Å². The lowest BCUT2D eigenvalue weighted by molar-refractivity contribution is -0.138. The van der Waals surface area contributed by atoms with Gasteiger partial charge >= 0.3 is 5.97 Å². The Hall–Kier alpha value is -1.07. The van der Waals surface area contributed by atoms with Crippen molar-refractivity contribution in [2.45, 2.75) is 12.5 Å². The van der Waals surface area contributed by atoms with Gasteiger partial charge in [-0.3, -0.25) is 4.79 Å². The minimum atomic E-state index is -1.01. The van der Waals surface area contributed by atoms with Crippen LogP contribution in [-0.2, 0) is 11.2 Å². The van der Waals surface area contributed by atoms with Gasteiger partial charge in [0.1, 0.15) is 11.8 Å². The molecule has 0 saturated carbocycles. The molecule has 0 amide bonds. The number of nitrogens with two attached hydrogens (primary N) is 1. The van der Waals surface area contributed by atoms with Crippen molar-refractivity contribution in [1.29, 1.82) is 0 Å². The maximum Gasteiger partial charge on any atom is 0.320 e. The van der Waals surface area contributed by atoms with E-state index in [0.29, 0.717) is 5.75 Å². The van der Waals surface area contributed by atoms with E-state index in [2.05, 4.69) is 15.9 Å². The van der Waals surface area contributed by atoms with Crippen LogP contribution in [0.15, 0.2) is 22.7 Å². The van der Waals surface area contributed by atoms with Crippen molar-refractivity contribution in [1.82, 2.24) is 0 Å². The normalized spacial score (nSPS) is 12.2. The third-order valence-corrected chi connectivity index (χ3v) is 2.40. The average Bonchev–Trinajstić information content (AvgIpc) is 2.16. The number of hydrogen-bond donors (Lipinski definition) is 2. The highest BCUT2D eigenvalue weighted by atomic mass is 79.9. The summed E-state index contributed by atoms with van der Waals surface area (Å²) >= 11 is 3.31. The third-order valence-electron chi connectivity index (χ3n) is 1.94. The molecule has 0 aliphatic heterocycles. The van der Waals surface area contributed by atoms with E-state index in [9.17, 15) is 4.79 Å². The van der Waals surface area contributed by atoms with E-state index in [1.54, 1.807) is 19.2 Å². The van der Waals surface area contributed by atoms with Gasteiger partial charge < -0.3 is 15.6 Å². The summed E-state index contributed by atoms with van der Waals surface area (Å²) in [6, 6.07) is 4.51. The molecular weight excluding hydrogens is 262 g/mol. The standard InChI is InChI=1S/C10H12BrNO3/c1-15-8-3-6(2-7(11)5-8)4-9(12)10(13)14/h2-3,5,9H,4,12H2,1H3,(H,13,14). The molecule has 0 saturated heterocycles. The Morgan fingerprint density at radius 3 is 2.80 bits per heavy atom. The van der Waals surface area contributed by atoms with Gasteiger partial charge in [0, 0.05) is 4.47 Å². The number of ether oxygens (including phenoxy) is 1. The van der Waals surface area contributed by atoms with Gasteiger partial charge in [-0.05, 0) is 30.2 Å². The first-order chi connectivity index (χ1) is 7.02. The molecule has 0 bridgehead atoms. The van der Waals surface area contributed by atoms with Gasteiger partial charge in [-0.15, -0.1) is 0 Å². The number of hydrogen-bond acceptors (Lipinski definition) is 3. The first-order valence-corrected chi connectivity index (χ1v) is 5.14. The van der Waals surface area contributed by atoms with Crippen molar-refractivity contribution in [2.75, 3.05) is 7.11 Å². The molecule has 0 radical (unpaired) electrons. The first-order valence-electron chi connectivity index (χ1n) is 4.34. The zero-order valence-electron chi connectivity index (χ0n) is 8.24. The fraction of sp³-hybridized carbons (Fsp3) is 0.300. The predicted molar refractivity (Wildman–Crippen MR) is 60.0 cm³/mol. The zero-order chi connectivity index (χ0) is 11.4. The van der Waals surface area contributed by atoms with E-state index in [4.69, 9.17) is 15.6 Å². The monoisotopic (exact) mass is 273 g/mol. The molecule has 1 rings (SSSR count). The summed E-state index contributed by atoms with van der Waals surface area (Å²) in [5.41, 5.74) is 6.26. The average molecular weight is 274 g/mol. The molecule has 5 heteroatoms. The number of rotatable bonds is 4. The van der Waals surface area contributed by atoms with E-state index in [1.807, 2.05) is 6.07 Å². The Bertz CT molecular complexity index is 368. The van der Waals surface area contributed by atoms with E-state index in [-0.39, 0.29) is 6.42 Å². The summed E-state index contributed by atoms with van der Waals surface area (Å²) in [5.74, 6) is -0.328. The maximum atomic E-state index is 10.6. The van der Waals surface area contributed by atoms with Crippen LogP contribution in [0.3, 0.4) is 0 Å². The van der Waals surface area contributed by atoms with Crippen LogP contribution in [-0.4, -0.2) is 24.2 Å². The van der Waals surface area contributed by atoms with E-state index in [0.717, 1.165) is 10.0 Å². The molecule has 4 nitrogen and oxygen atoms in total. The minimum absolute atomic E-state index is 0.283. The number of carboxylic acids is 1. The summed E-state index contributed by atoms with van der Waals surface area (Å²) in [5, 5.41) is 8.67. The summed E-state index contributed by atoms with van der Waals surface area (Å²) in [6.07, 6.45) is 0.283. The molecular formula is C10H12BrNO3. The maximum absolute atomic E-state index is 10.6. The lowest BCUT2D eigenvalue weighted by Crippen LogP contribution is -2.32. The van der Waals surface area contributed by atoms with Gasteiger partial charge in [-0.1, -0.05) is 15.9 Å². The van der Waals surface area contributed by atoms with Crippen molar-refractivity contribution < 1.29 is 14.6 Å². The number of carbonyl (C=O) groups is 1. The fourth-order valence-electron chi connectivity index (χ4n) is 1.20. The van der Waals surface area contributed by atoms with E-state index < -0.39 is 12.0 Å². The topological polar surface area (TPSA) is 72.5 Å². The number of carboxylic acid groups (broad SMARTS) is 1. The van der Waals surface area contributed by atoms with Crippen LogP contribution < -0.4 is 10.5 Å². The van der Waals surface area contributed by atoms with Gasteiger partial charge in [-0.2, -0.15) is 0 Å². The van der Waals surface area contributed by atoms with Crippen LogP contribution in [0.2, 0.25) is 0 Å². The second-order valence-electron chi connectivity index (χ2n) is 3.15. The molecule has 1 aromatic rings. The second-order valence-corrected chi connectivity index (χ2v) is 4.06. The molecule has 82 valence electrons. The third kappa shape index (κ3) is 3.53. The number of benzene rings is 1. The molecule has 15 heavy (non-hydrogen) atoms. The molecule has 0 aliphatic carbocycles. The van der Waals surface area contributed by atoms with Gasteiger partial charge in [0.25, 0.3) is 0 Å². The lowest BCUT2D eigenvalue weighted by atomic mass is 10.1. The van der Waals surface area contributed by atoms with Gasteiger partial charge in [0.2, 0.25) is 0 Å². The largest absolute Gasteiger partial charge is 0.497 e. The zero-order valence-corrected chi connectivity index (χ0v) is 9.82. The minimum Gasteiger partial charge on any atom is -0.497 e. The van der Waals surface area contributed by atoms with Crippen molar-refractivity contribution in [3.05, 3.63) is 28.2 Å². The Morgan fingerprint density at radius 2 is 2.27 bits per heavy atom. The van der Waals surface area contributed by atoms with Crippen LogP contribution in [0.1, 0.15) is 5.56 Å². The Balaban J connectivity index is 2.85. The number of halogens is 1. The quantitative estimate of drug-likeness (QED) is 0.870. The molecule has 0 heterocycles. The van der Waals surface area contributed by atoms with Crippen molar-refractivity contribution in [3.63, 3.8) is 0 Å². The molecule has 0 aromatic heterocycles. The molecule has 0 spiro atoms. The first kappa shape index (κ1) is 12.0. The fourth-order valence-corrected chi connectivity index (χ4v) is 1.72. The van der Waals surface area contributed by atoms with E-state index >= 15 is 0 Å². The molecule has 0 aliphatic rings. The highest BCUT2D eigenvalue weighted by Gasteiger charge is 2.12. The van der Waals surface area contributed by atoms with Crippen LogP contribution in [0.5, 0.6) is 5.75 Å². The second kappa shape index (κ2) is 5.14. The highest BCUT2D eigenvalue weighted by molar-refractivity contribution is 9.10. The molecule has 1 unspecified atom stereocenters. The summed E-state index contributed by atoms with van der Waals surface area (Å²) in [6.45, 7) is 0. The highest BCUT2D eigenvalue weighted by Crippen LogP contribution is 2.21. The van der Waals surface area contributed by atoms with Gasteiger partial charge in [0.05, 0.1) is 7.11 Å². The summed E-state index contributed by atoms with van der Waals surface area (Å²) < 4.78 is 5.90.